The number of amides is 1. The molecule has 0 radical (unpaired) electrons. The molecule has 0 heterocycles. The van der Waals surface area contributed by atoms with E-state index in [0.29, 0.717) is 19.0 Å². The van der Waals surface area contributed by atoms with E-state index in [1.807, 2.05) is 20.8 Å². The summed E-state index contributed by atoms with van der Waals surface area (Å²) in [5.74, 6) is 0.461. The molecule has 17 heavy (non-hydrogen) atoms. The van der Waals surface area contributed by atoms with Crippen LogP contribution in [0.2, 0.25) is 0 Å². The van der Waals surface area contributed by atoms with Crippen molar-refractivity contribution in [3.05, 3.63) is 0 Å². The summed E-state index contributed by atoms with van der Waals surface area (Å²) in [6.45, 7) is 13.0. The van der Waals surface area contributed by atoms with Crippen molar-refractivity contribution in [1.29, 1.82) is 0 Å². The number of alkyl carbamates (subject to hydrolysis) is 1. The van der Waals surface area contributed by atoms with Gasteiger partial charge in [-0.1, -0.05) is 27.2 Å². The number of hydrogen-bond donors (Lipinski definition) is 2. The van der Waals surface area contributed by atoms with Crippen LogP contribution >= 0.6 is 0 Å². The smallest absolute Gasteiger partial charge is 0.407 e. The van der Waals surface area contributed by atoms with Crippen LogP contribution in [-0.2, 0) is 4.74 Å². The van der Waals surface area contributed by atoms with E-state index in [4.69, 9.17) is 10.5 Å². The molecule has 0 aliphatic heterocycles. The highest BCUT2D eigenvalue weighted by Crippen LogP contribution is 2.27. The predicted octanol–water partition coefficient (Wildman–Crippen LogP) is 2.52. The van der Waals surface area contributed by atoms with Crippen molar-refractivity contribution in [3.8, 4) is 0 Å². The summed E-state index contributed by atoms with van der Waals surface area (Å²) in [4.78, 5) is 11.6. The first-order valence-electron chi connectivity index (χ1n) is 6.31. The van der Waals surface area contributed by atoms with Gasteiger partial charge < -0.3 is 15.8 Å². The summed E-state index contributed by atoms with van der Waals surface area (Å²) < 4.78 is 5.20. The first kappa shape index (κ1) is 16.2. The van der Waals surface area contributed by atoms with Gasteiger partial charge in [-0.2, -0.15) is 0 Å². The molecule has 4 nitrogen and oxygen atoms in total. The second-order valence-corrected chi connectivity index (χ2v) is 6.02. The van der Waals surface area contributed by atoms with Gasteiger partial charge in [0, 0.05) is 6.54 Å². The maximum atomic E-state index is 11.6. The third-order valence-corrected chi connectivity index (χ3v) is 3.30. The predicted molar refractivity (Wildman–Crippen MR) is 70.9 cm³/mol. The number of carbonyl (C=O) groups excluding carboxylic acids is 1. The topological polar surface area (TPSA) is 64.3 Å². The standard InChI is InChI=1S/C13H28N2O2/c1-7-10(2)13(6,8-14)9-15-11(16)17-12(3,4)5/h10H,7-9,14H2,1-6H3,(H,15,16). The lowest BCUT2D eigenvalue weighted by atomic mass is 9.76. The Morgan fingerprint density at radius 2 is 1.88 bits per heavy atom. The highest BCUT2D eigenvalue weighted by Gasteiger charge is 2.29. The van der Waals surface area contributed by atoms with Gasteiger partial charge in [-0.25, -0.2) is 4.79 Å². The van der Waals surface area contributed by atoms with E-state index < -0.39 is 5.60 Å². The molecular formula is C13H28N2O2. The average Bonchev–Trinajstić information content (AvgIpc) is 2.22. The third-order valence-electron chi connectivity index (χ3n) is 3.30. The third kappa shape index (κ3) is 5.91. The minimum Gasteiger partial charge on any atom is -0.444 e. The zero-order chi connectivity index (χ0) is 13.7. The van der Waals surface area contributed by atoms with Gasteiger partial charge in [0.1, 0.15) is 5.60 Å². The number of carbonyl (C=O) groups is 1. The summed E-state index contributed by atoms with van der Waals surface area (Å²) in [6, 6.07) is 0. The molecular weight excluding hydrogens is 216 g/mol. The summed E-state index contributed by atoms with van der Waals surface area (Å²) in [5, 5.41) is 2.80. The summed E-state index contributed by atoms with van der Waals surface area (Å²) >= 11 is 0. The zero-order valence-corrected chi connectivity index (χ0v) is 12.1. The monoisotopic (exact) mass is 244 g/mol. The summed E-state index contributed by atoms with van der Waals surface area (Å²) in [5.41, 5.74) is 5.27. The van der Waals surface area contributed by atoms with Gasteiger partial charge in [-0.3, -0.25) is 0 Å². The van der Waals surface area contributed by atoms with Crippen molar-refractivity contribution in [2.45, 2.75) is 53.6 Å². The molecule has 4 heteroatoms. The first-order chi connectivity index (χ1) is 7.64. The second-order valence-electron chi connectivity index (χ2n) is 6.02. The number of rotatable bonds is 5. The Kier molecular flexibility index (Phi) is 5.96. The van der Waals surface area contributed by atoms with Gasteiger partial charge in [0.05, 0.1) is 0 Å². The van der Waals surface area contributed by atoms with Crippen LogP contribution in [0, 0.1) is 11.3 Å². The molecule has 0 bridgehead atoms. The van der Waals surface area contributed by atoms with E-state index in [9.17, 15) is 4.79 Å². The quantitative estimate of drug-likeness (QED) is 0.781. The van der Waals surface area contributed by atoms with Crippen LogP contribution in [0.3, 0.4) is 0 Å². The minimum atomic E-state index is -0.459. The Hall–Kier alpha value is -0.770. The SMILES string of the molecule is CCC(C)C(C)(CN)CNC(=O)OC(C)(C)C. The molecule has 0 aromatic rings. The maximum Gasteiger partial charge on any atom is 0.407 e. The fourth-order valence-electron chi connectivity index (χ4n) is 1.53. The Morgan fingerprint density at radius 1 is 1.35 bits per heavy atom. The van der Waals surface area contributed by atoms with Gasteiger partial charge >= 0.3 is 6.09 Å². The van der Waals surface area contributed by atoms with E-state index in [0.717, 1.165) is 6.42 Å². The zero-order valence-electron chi connectivity index (χ0n) is 12.1. The van der Waals surface area contributed by atoms with Crippen molar-refractivity contribution in [2.24, 2.45) is 17.1 Å². The molecule has 0 fully saturated rings. The Bertz CT molecular complexity index is 248. The molecule has 0 saturated heterocycles. The highest BCUT2D eigenvalue weighted by atomic mass is 16.6. The molecule has 2 unspecified atom stereocenters. The Morgan fingerprint density at radius 3 is 2.24 bits per heavy atom. The van der Waals surface area contributed by atoms with Crippen LogP contribution < -0.4 is 11.1 Å². The maximum absolute atomic E-state index is 11.6. The van der Waals surface area contributed by atoms with Crippen LogP contribution in [-0.4, -0.2) is 24.8 Å². The lowest BCUT2D eigenvalue weighted by Gasteiger charge is -2.34. The minimum absolute atomic E-state index is 0.0777. The summed E-state index contributed by atoms with van der Waals surface area (Å²) in [7, 11) is 0. The molecule has 3 N–H and O–H groups in total. The highest BCUT2D eigenvalue weighted by molar-refractivity contribution is 5.67. The van der Waals surface area contributed by atoms with Gasteiger partial charge in [-0.05, 0) is 38.6 Å². The lowest BCUT2D eigenvalue weighted by molar-refractivity contribution is 0.0487. The number of hydrogen-bond acceptors (Lipinski definition) is 3. The van der Waals surface area contributed by atoms with Crippen molar-refractivity contribution in [3.63, 3.8) is 0 Å². The van der Waals surface area contributed by atoms with E-state index in [1.54, 1.807) is 0 Å². The van der Waals surface area contributed by atoms with Gasteiger partial charge in [0.25, 0.3) is 0 Å². The summed E-state index contributed by atoms with van der Waals surface area (Å²) in [6.07, 6.45) is 0.671. The normalized spacial score (nSPS) is 17.1. The molecule has 0 aliphatic rings. The van der Waals surface area contributed by atoms with Crippen LogP contribution in [0.5, 0.6) is 0 Å². The van der Waals surface area contributed by atoms with Crippen LogP contribution in [0.4, 0.5) is 4.79 Å². The van der Waals surface area contributed by atoms with E-state index >= 15 is 0 Å². The van der Waals surface area contributed by atoms with Crippen molar-refractivity contribution in [2.75, 3.05) is 13.1 Å². The average molecular weight is 244 g/mol. The van der Waals surface area contributed by atoms with Gasteiger partial charge in [0.2, 0.25) is 0 Å². The second kappa shape index (κ2) is 6.24. The van der Waals surface area contributed by atoms with Crippen LogP contribution in [0.25, 0.3) is 0 Å². The Balaban J connectivity index is 4.29. The molecule has 1 amide bonds. The first-order valence-corrected chi connectivity index (χ1v) is 6.31. The van der Waals surface area contributed by atoms with E-state index in [2.05, 4.69) is 26.1 Å². The Labute approximate surface area is 105 Å². The molecule has 0 spiro atoms. The molecule has 0 saturated carbocycles. The largest absolute Gasteiger partial charge is 0.444 e. The van der Waals surface area contributed by atoms with Gasteiger partial charge in [0.15, 0.2) is 0 Å². The van der Waals surface area contributed by atoms with Crippen LogP contribution in [0.15, 0.2) is 0 Å². The van der Waals surface area contributed by atoms with Crippen molar-refractivity contribution >= 4 is 6.09 Å². The number of nitrogens with one attached hydrogen (secondary N) is 1. The van der Waals surface area contributed by atoms with Crippen molar-refractivity contribution in [1.82, 2.24) is 5.32 Å². The van der Waals surface area contributed by atoms with E-state index in [-0.39, 0.29) is 11.5 Å². The molecule has 0 aliphatic carbocycles. The molecule has 102 valence electrons. The fourth-order valence-corrected chi connectivity index (χ4v) is 1.53. The fraction of sp³-hybridized carbons (Fsp3) is 0.923. The lowest BCUT2D eigenvalue weighted by Crippen LogP contribution is -2.45. The van der Waals surface area contributed by atoms with Crippen LogP contribution in [0.1, 0.15) is 48.0 Å². The van der Waals surface area contributed by atoms with Crippen molar-refractivity contribution < 1.29 is 9.53 Å². The molecule has 0 aromatic heterocycles. The number of ether oxygens (including phenoxy) is 1. The van der Waals surface area contributed by atoms with E-state index in [1.165, 1.54) is 0 Å². The number of nitrogens with two attached hydrogens (primary N) is 1. The molecule has 0 rings (SSSR count). The molecule has 0 aromatic carbocycles. The van der Waals surface area contributed by atoms with Gasteiger partial charge in [-0.15, -0.1) is 0 Å². The molecule has 2 atom stereocenters.